The van der Waals surface area contributed by atoms with Crippen molar-refractivity contribution in [3.05, 3.63) is 24.3 Å². The van der Waals surface area contributed by atoms with Gasteiger partial charge in [-0.2, -0.15) is 0 Å². The molecule has 0 nitrogen and oxygen atoms in total. The van der Waals surface area contributed by atoms with Gasteiger partial charge in [-0.3, -0.25) is 0 Å². The summed E-state index contributed by atoms with van der Waals surface area (Å²) < 4.78 is 39.0. The van der Waals surface area contributed by atoms with Crippen LogP contribution in [0.4, 0.5) is 17.3 Å². The third-order valence-electron chi connectivity index (χ3n) is 9.49. The molecule has 2 heterocycles. The zero-order chi connectivity index (χ0) is 28.7. The fraction of sp³-hybridized carbons (Fsp3) is 0.875. The van der Waals surface area contributed by atoms with E-state index in [4.69, 9.17) is 0 Å². The van der Waals surface area contributed by atoms with Gasteiger partial charge in [0.1, 0.15) is 0 Å². The van der Waals surface area contributed by atoms with E-state index >= 15 is 0 Å². The summed E-state index contributed by atoms with van der Waals surface area (Å²) in [5, 5.41) is 0. The largest absolute Gasteiger partial charge is 0.673 e. The molecule has 4 fully saturated rings. The second-order valence-corrected chi connectivity index (χ2v) is 18.3. The Morgan fingerprint density at radius 2 is 0.756 bits per heavy atom. The quantitative estimate of drug-likeness (QED) is 0.110. The smallest absolute Gasteiger partial charge is 0.418 e. The molecule has 0 N–H and O–H groups in total. The first-order valence-corrected chi connectivity index (χ1v) is 19.5. The van der Waals surface area contributed by atoms with Crippen LogP contribution in [-0.4, -0.2) is 41.2 Å². The molecule has 1 radical (unpaired) electrons. The van der Waals surface area contributed by atoms with Crippen LogP contribution in [0.25, 0.3) is 0 Å². The molecular weight excluding hydrogens is 692 g/mol. The molecule has 0 unspecified atom stereocenters. The maximum Gasteiger partial charge on any atom is 0.673 e. The predicted octanol–water partition coefficient (Wildman–Crippen LogP) is 12.7. The van der Waals surface area contributed by atoms with Crippen LogP contribution in [0.15, 0.2) is 24.3 Å². The van der Waals surface area contributed by atoms with E-state index in [0.717, 1.165) is 0 Å². The van der Waals surface area contributed by atoms with Crippen LogP contribution < -0.4 is 0 Å². The van der Waals surface area contributed by atoms with E-state index in [9.17, 15) is 17.3 Å². The summed E-state index contributed by atoms with van der Waals surface area (Å²) in [4.78, 5) is 0. The Morgan fingerprint density at radius 1 is 0.537 bits per heavy atom. The Bertz CT molecular complexity index is 610. The second kappa shape index (κ2) is 23.6. The van der Waals surface area contributed by atoms with Gasteiger partial charge < -0.3 is 17.3 Å². The van der Waals surface area contributed by atoms with Crippen LogP contribution in [0.1, 0.15) is 143 Å². The molecule has 245 valence electrons. The SMILES string of the molecule is C1=CCC/C=C\CC1.CC[C@@H]1C[C@@H](CC)P1C1CCCC1.CC[C@@H]1C[C@@H](CC)P1C1CCCC1.F[B-](F)(F)F.[Fe].[Rh]. The van der Waals surface area contributed by atoms with E-state index in [1.54, 1.807) is 38.5 Å². The van der Waals surface area contributed by atoms with Crippen molar-refractivity contribution in [2.24, 2.45) is 0 Å². The van der Waals surface area contributed by atoms with Crippen LogP contribution in [0.2, 0.25) is 0 Å². The maximum atomic E-state index is 9.75. The molecule has 0 aromatic rings. The van der Waals surface area contributed by atoms with Gasteiger partial charge in [-0.15, -0.1) is 0 Å². The van der Waals surface area contributed by atoms with Gasteiger partial charge in [-0.1, -0.05) is 93.5 Å². The molecule has 0 aromatic heterocycles. The molecule has 2 saturated carbocycles. The predicted molar refractivity (Wildman–Crippen MR) is 171 cm³/mol. The van der Waals surface area contributed by atoms with Crippen molar-refractivity contribution in [3.8, 4) is 0 Å². The summed E-state index contributed by atoms with van der Waals surface area (Å²) in [6.45, 7) is 9.61. The van der Waals surface area contributed by atoms with Crippen molar-refractivity contribution >= 4 is 23.1 Å². The topological polar surface area (TPSA) is 0 Å². The van der Waals surface area contributed by atoms with Crippen molar-refractivity contribution in [2.45, 2.75) is 177 Å². The molecule has 9 heteroatoms. The molecule has 0 amide bonds. The van der Waals surface area contributed by atoms with Crippen LogP contribution in [0.5, 0.6) is 0 Å². The van der Waals surface area contributed by atoms with Crippen molar-refractivity contribution in [1.29, 1.82) is 0 Å². The van der Waals surface area contributed by atoms with E-state index in [2.05, 4.69) is 52.0 Å². The summed E-state index contributed by atoms with van der Waals surface area (Å²) >= 11 is 0. The second-order valence-electron chi connectivity index (χ2n) is 12.1. The molecule has 5 rings (SSSR count). The molecule has 2 saturated heterocycles. The van der Waals surface area contributed by atoms with E-state index < -0.39 is 7.25 Å². The van der Waals surface area contributed by atoms with Gasteiger partial charge in [0, 0.05) is 36.5 Å². The van der Waals surface area contributed by atoms with Crippen molar-refractivity contribution in [3.63, 3.8) is 0 Å². The first kappa shape index (κ1) is 42.3. The number of allylic oxidation sites excluding steroid dienone is 4. The summed E-state index contributed by atoms with van der Waals surface area (Å²) in [5.41, 5.74) is 7.06. The number of rotatable bonds is 6. The number of hydrogen-bond acceptors (Lipinski definition) is 0. The minimum Gasteiger partial charge on any atom is -0.418 e. The average Bonchev–Trinajstić information content (AvgIpc) is 3.53. The molecule has 5 aliphatic rings. The summed E-state index contributed by atoms with van der Waals surface area (Å²) in [6.07, 6.45) is 35.5. The Labute approximate surface area is 277 Å². The summed E-state index contributed by atoms with van der Waals surface area (Å²) in [6, 6.07) is 0. The van der Waals surface area contributed by atoms with Gasteiger partial charge in [-0.05, 0) is 124 Å². The van der Waals surface area contributed by atoms with Gasteiger partial charge in [0.25, 0.3) is 0 Å². The van der Waals surface area contributed by atoms with Crippen LogP contribution in [0.3, 0.4) is 0 Å². The van der Waals surface area contributed by atoms with Crippen molar-refractivity contribution < 1.29 is 53.8 Å². The fourth-order valence-electron chi connectivity index (χ4n) is 7.40. The minimum atomic E-state index is -6.00. The van der Waals surface area contributed by atoms with Crippen LogP contribution in [-0.2, 0) is 36.5 Å². The number of halogens is 4. The number of hydrogen-bond donors (Lipinski definition) is 0. The average molecular weight is 750 g/mol. The van der Waals surface area contributed by atoms with Gasteiger partial charge in [-0.25, -0.2) is 0 Å². The van der Waals surface area contributed by atoms with Crippen molar-refractivity contribution in [2.75, 3.05) is 0 Å². The van der Waals surface area contributed by atoms with E-state index in [-0.39, 0.29) is 36.5 Å². The molecule has 0 aromatic carbocycles. The zero-order valence-electron chi connectivity index (χ0n) is 26.2. The van der Waals surface area contributed by atoms with Crippen molar-refractivity contribution in [1.82, 2.24) is 0 Å². The molecular formula is C32H58BF4FeP2Rh-. The summed E-state index contributed by atoms with van der Waals surface area (Å²) in [7, 11) is -5.05. The first-order valence-electron chi connectivity index (χ1n) is 16.4. The standard InChI is InChI=1S/2C12H23P.C8H12.BF4.Fe.Rh/c2*1-3-10-9-11(4-2)13(10)12-7-5-6-8-12;1-2-4-6-8-7-5-3-1;2-1(3,4)5;;/h2*10-12H,3-9H2,1-2H3;1-2,7-8H,3-6H2;;;/q;;;-1;;/b;;2-1-,8-7?;;;/t2*10-,11-;;;;/m11..../s1. The van der Waals surface area contributed by atoms with E-state index in [1.807, 2.05) is 0 Å². The van der Waals surface area contributed by atoms with Gasteiger partial charge >= 0.3 is 7.25 Å². The monoisotopic (exact) mass is 750 g/mol. The Balaban J connectivity index is 0.000000541. The Morgan fingerprint density at radius 3 is 0.951 bits per heavy atom. The maximum absolute atomic E-state index is 9.75. The van der Waals surface area contributed by atoms with Crippen LogP contribution >= 0.6 is 15.8 Å². The third kappa shape index (κ3) is 15.9. The normalized spacial score (nSPS) is 29.3. The van der Waals surface area contributed by atoms with Gasteiger partial charge in [0.15, 0.2) is 0 Å². The van der Waals surface area contributed by atoms with E-state index in [0.29, 0.717) is 15.8 Å². The van der Waals surface area contributed by atoms with Gasteiger partial charge in [0.2, 0.25) is 0 Å². The molecule has 2 aliphatic heterocycles. The third-order valence-corrected chi connectivity index (χ3v) is 17.9. The molecule has 41 heavy (non-hydrogen) atoms. The first-order chi connectivity index (χ1) is 18.7. The van der Waals surface area contributed by atoms with Crippen LogP contribution in [0, 0.1) is 0 Å². The Kier molecular flexibility index (Phi) is 24.3. The van der Waals surface area contributed by atoms with Gasteiger partial charge in [0.05, 0.1) is 0 Å². The summed E-state index contributed by atoms with van der Waals surface area (Å²) in [5.74, 6) is 0. The Hall–Kier alpha value is 1.27. The molecule has 4 atom stereocenters. The molecule has 0 bridgehead atoms. The van der Waals surface area contributed by atoms with E-state index in [1.165, 1.54) is 111 Å². The molecule has 3 aliphatic carbocycles. The minimum absolute atomic E-state index is 0. The fourth-order valence-corrected chi connectivity index (χ4v) is 15.8. The zero-order valence-corrected chi connectivity index (χ0v) is 30.7. The molecule has 0 spiro atoms.